The number of carbonyl (C=O) groups is 1. The topological polar surface area (TPSA) is 68.0 Å². The molecule has 0 atom stereocenters. The van der Waals surface area contributed by atoms with E-state index in [1.165, 1.54) is 36.2 Å². The molecule has 4 nitrogen and oxygen atoms in total. The van der Waals surface area contributed by atoms with Crippen molar-refractivity contribution in [2.75, 3.05) is 6.54 Å². The Kier molecular flexibility index (Phi) is 6.16. The summed E-state index contributed by atoms with van der Waals surface area (Å²) in [5, 5.41) is 5.64. The molecule has 1 aromatic heterocycles. The van der Waals surface area contributed by atoms with E-state index in [9.17, 15) is 4.79 Å². The van der Waals surface area contributed by atoms with E-state index in [-0.39, 0.29) is 23.7 Å². The van der Waals surface area contributed by atoms with Crippen molar-refractivity contribution in [2.45, 2.75) is 32.2 Å². The molecule has 1 aliphatic rings. The third-order valence-corrected chi connectivity index (χ3v) is 5.29. The number of hydrogen-bond donors (Lipinski definition) is 2. The number of nitrogens with two attached hydrogens (primary N) is 1. The van der Waals surface area contributed by atoms with Crippen LogP contribution >= 0.6 is 23.7 Å². The average Bonchev–Trinajstić information content (AvgIpc) is 2.99. The molecule has 1 aromatic carbocycles. The van der Waals surface area contributed by atoms with Crippen molar-refractivity contribution in [3.63, 3.8) is 0 Å². The maximum absolute atomic E-state index is 12.2. The minimum atomic E-state index is -0.0877. The Labute approximate surface area is 146 Å². The van der Waals surface area contributed by atoms with Gasteiger partial charge in [0.05, 0.1) is 0 Å². The lowest BCUT2D eigenvalue weighted by molar-refractivity contribution is 0.0855. The molecule has 1 saturated carbocycles. The summed E-state index contributed by atoms with van der Waals surface area (Å²) in [6.45, 7) is 1.10. The van der Waals surface area contributed by atoms with Crippen molar-refractivity contribution >= 4 is 29.7 Å². The highest BCUT2D eigenvalue weighted by atomic mass is 35.5. The molecule has 0 radical (unpaired) electrons. The van der Waals surface area contributed by atoms with Crippen molar-refractivity contribution < 1.29 is 4.79 Å². The predicted molar refractivity (Wildman–Crippen MR) is 96.0 cm³/mol. The molecule has 0 aliphatic heterocycles. The highest BCUT2D eigenvalue weighted by Crippen LogP contribution is 2.43. The number of carbonyl (C=O) groups excluding carboxylic acids is 1. The molecular formula is C17H22ClN3OS. The van der Waals surface area contributed by atoms with E-state index in [2.05, 4.69) is 34.6 Å². The molecule has 0 bridgehead atoms. The van der Waals surface area contributed by atoms with Crippen LogP contribution in [0.3, 0.4) is 0 Å². The second-order valence-corrected chi connectivity index (χ2v) is 6.97. The van der Waals surface area contributed by atoms with E-state index < -0.39 is 0 Å². The number of aromatic nitrogens is 1. The first-order valence-corrected chi connectivity index (χ1v) is 8.55. The molecule has 1 fully saturated rings. The molecule has 1 amide bonds. The van der Waals surface area contributed by atoms with Crippen LogP contribution in [0.2, 0.25) is 0 Å². The fourth-order valence-electron chi connectivity index (χ4n) is 2.99. The Morgan fingerprint density at radius 1 is 1.30 bits per heavy atom. The van der Waals surface area contributed by atoms with E-state index in [0.29, 0.717) is 12.2 Å². The molecule has 3 rings (SSSR count). The number of rotatable bonds is 6. The first-order chi connectivity index (χ1) is 10.7. The van der Waals surface area contributed by atoms with Gasteiger partial charge in [0.25, 0.3) is 5.91 Å². The molecule has 3 N–H and O–H groups in total. The summed E-state index contributed by atoms with van der Waals surface area (Å²) in [7, 11) is 0. The van der Waals surface area contributed by atoms with Gasteiger partial charge in [-0.2, -0.15) is 0 Å². The smallest absolute Gasteiger partial charge is 0.270 e. The molecule has 0 saturated heterocycles. The van der Waals surface area contributed by atoms with Crippen LogP contribution in [0.25, 0.3) is 0 Å². The quantitative estimate of drug-likeness (QED) is 0.839. The highest BCUT2D eigenvalue weighted by molar-refractivity contribution is 7.09. The Bertz CT molecular complexity index is 640. The lowest BCUT2D eigenvalue weighted by Crippen LogP contribution is -2.43. The van der Waals surface area contributed by atoms with Crippen LogP contribution < -0.4 is 11.1 Å². The fourth-order valence-corrected chi connectivity index (χ4v) is 3.64. The summed E-state index contributed by atoms with van der Waals surface area (Å²) in [6.07, 6.45) is 4.62. The van der Waals surface area contributed by atoms with E-state index in [0.717, 1.165) is 18.0 Å². The number of benzene rings is 1. The molecule has 124 valence electrons. The van der Waals surface area contributed by atoms with Crippen molar-refractivity contribution in [3.8, 4) is 0 Å². The Morgan fingerprint density at radius 2 is 2.04 bits per heavy atom. The van der Waals surface area contributed by atoms with E-state index in [4.69, 9.17) is 5.73 Å². The Morgan fingerprint density at radius 3 is 2.61 bits per heavy atom. The average molecular weight is 352 g/mol. The van der Waals surface area contributed by atoms with E-state index >= 15 is 0 Å². The van der Waals surface area contributed by atoms with Gasteiger partial charge in [0.1, 0.15) is 10.7 Å². The monoisotopic (exact) mass is 351 g/mol. The zero-order chi connectivity index (χ0) is 15.4. The minimum Gasteiger partial charge on any atom is -0.350 e. The summed E-state index contributed by atoms with van der Waals surface area (Å²) >= 11 is 1.44. The van der Waals surface area contributed by atoms with Gasteiger partial charge in [-0.1, -0.05) is 36.8 Å². The first-order valence-electron chi connectivity index (χ1n) is 7.67. The second kappa shape index (κ2) is 7.90. The molecule has 23 heavy (non-hydrogen) atoms. The second-order valence-electron chi connectivity index (χ2n) is 6.03. The lowest BCUT2D eigenvalue weighted by atomic mass is 9.65. The van der Waals surface area contributed by atoms with Crippen molar-refractivity contribution in [1.82, 2.24) is 10.3 Å². The first kappa shape index (κ1) is 17.9. The van der Waals surface area contributed by atoms with Crippen LogP contribution in [-0.4, -0.2) is 17.4 Å². The van der Waals surface area contributed by atoms with E-state index in [1.54, 1.807) is 5.38 Å². The summed E-state index contributed by atoms with van der Waals surface area (Å²) in [6, 6.07) is 10.5. The van der Waals surface area contributed by atoms with Gasteiger partial charge in [-0.05, 0) is 30.2 Å². The standard InChI is InChI=1S/C17H21N3OS.ClH/c18-10-15-20-14(11-22-15)16(21)19-12-17(7-4-8-17)9-13-5-2-1-3-6-13;/h1-3,5-6,11H,4,7-10,12,18H2,(H,19,21);1H. The summed E-state index contributed by atoms with van der Waals surface area (Å²) in [5.41, 5.74) is 7.58. The number of halogens is 1. The lowest BCUT2D eigenvalue weighted by Gasteiger charge is -2.42. The summed E-state index contributed by atoms with van der Waals surface area (Å²) < 4.78 is 0. The third-order valence-electron chi connectivity index (χ3n) is 4.42. The van der Waals surface area contributed by atoms with Gasteiger partial charge < -0.3 is 11.1 Å². The van der Waals surface area contributed by atoms with Crippen molar-refractivity contribution in [2.24, 2.45) is 11.1 Å². The SMILES string of the molecule is Cl.NCc1nc(C(=O)NCC2(Cc3ccccc3)CCC2)cs1. The number of nitrogens with zero attached hydrogens (tertiary/aromatic N) is 1. The number of amides is 1. The molecule has 0 spiro atoms. The van der Waals surface area contributed by atoms with Gasteiger partial charge in [-0.15, -0.1) is 23.7 Å². The number of thiazole rings is 1. The van der Waals surface area contributed by atoms with Gasteiger partial charge >= 0.3 is 0 Å². The maximum Gasteiger partial charge on any atom is 0.270 e. The zero-order valence-electron chi connectivity index (χ0n) is 13.0. The fraction of sp³-hybridized carbons (Fsp3) is 0.412. The normalized spacial score (nSPS) is 15.3. The van der Waals surface area contributed by atoms with Gasteiger partial charge in [0, 0.05) is 18.5 Å². The van der Waals surface area contributed by atoms with Crippen LogP contribution in [0.15, 0.2) is 35.7 Å². The Balaban J connectivity index is 0.00000192. The van der Waals surface area contributed by atoms with Gasteiger partial charge in [0.15, 0.2) is 0 Å². The maximum atomic E-state index is 12.2. The molecule has 1 aliphatic carbocycles. The van der Waals surface area contributed by atoms with Gasteiger partial charge in [-0.3, -0.25) is 4.79 Å². The van der Waals surface area contributed by atoms with Crippen LogP contribution in [0.5, 0.6) is 0 Å². The summed E-state index contributed by atoms with van der Waals surface area (Å²) in [4.78, 5) is 16.4. The molecule has 6 heteroatoms. The third kappa shape index (κ3) is 4.31. The van der Waals surface area contributed by atoms with Gasteiger partial charge in [-0.25, -0.2) is 4.98 Å². The number of nitrogens with one attached hydrogen (secondary N) is 1. The van der Waals surface area contributed by atoms with Crippen molar-refractivity contribution in [1.29, 1.82) is 0 Å². The molecular weight excluding hydrogens is 330 g/mol. The van der Waals surface area contributed by atoms with Crippen LogP contribution in [-0.2, 0) is 13.0 Å². The highest BCUT2D eigenvalue weighted by Gasteiger charge is 2.37. The van der Waals surface area contributed by atoms with Crippen LogP contribution in [0, 0.1) is 5.41 Å². The molecule has 1 heterocycles. The van der Waals surface area contributed by atoms with E-state index in [1.807, 2.05) is 6.07 Å². The zero-order valence-corrected chi connectivity index (χ0v) is 14.6. The Hall–Kier alpha value is -1.43. The van der Waals surface area contributed by atoms with Crippen LogP contribution in [0.1, 0.15) is 40.3 Å². The largest absolute Gasteiger partial charge is 0.350 e. The van der Waals surface area contributed by atoms with Gasteiger partial charge in [0.2, 0.25) is 0 Å². The molecule has 0 unspecified atom stereocenters. The summed E-state index contributed by atoms with van der Waals surface area (Å²) in [5.74, 6) is -0.0877. The number of hydrogen-bond acceptors (Lipinski definition) is 4. The van der Waals surface area contributed by atoms with Crippen LogP contribution in [0.4, 0.5) is 0 Å². The minimum absolute atomic E-state index is 0. The predicted octanol–water partition coefficient (Wildman–Crippen LogP) is 3.17. The molecule has 2 aromatic rings. The van der Waals surface area contributed by atoms with Crippen molar-refractivity contribution in [3.05, 3.63) is 52.0 Å².